The molecule has 0 radical (unpaired) electrons. The molecule has 3 rings (SSSR count). The Morgan fingerprint density at radius 1 is 1.17 bits per heavy atom. The largest absolute Gasteiger partial charge is 0.491 e. The third-order valence-electron chi connectivity index (χ3n) is 4.08. The lowest BCUT2D eigenvalue weighted by atomic mass is 10.1. The van der Waals surface area contributed by atoms with E-state index in [1.165, 1.54) is 0 Å². The number of benzene rings is 2. The fraction of sp³-hybridized carbons (Fsp3) is 0.200. The van der Waals surface area contributed by atoms with E-state index in [4.69, 9.17) is 29.7 Å². The number of hydrogen-bond donors (Lipinski definition) is 3. The first-order valence-electron chi connectivity index (χ1n) is 9.05. The van der Waals surface area contributed by atoms with E-state index in [9.17, 15) is 4.21 Å². The van der Waals surface area contributed by atoms with Crippen LogP contribution in [0, 0.1) is 6.92 Å². The summed E-state index contributed by atoms with van der Waals surface area (Å²) < 4.78 is 36.6. The van der Waals surface area contributed by atoms with Crippen LogP contribution in [0.3, 0.4) is 0 Å². The molecule has 158 valence electrons. The van der Waals surface area contributed by atoms with Crippen LogP contribution in [0.25, 0.3) is 10.9 Å². The van der Waals surface area contributed by atoms with Crippen molar-refractivity contribution in [3.63, 3.8) is 0 Å². The van der Waals surface area contributed by atoms with Crippen molar-refractivity contribution in [2.75, 3.05) is 6.61 Å². The molecular weight excluding hydrogens is 408 g/mol. The van der Waals surface area contributed by atoms with Gasteiger partial charge in [-0.2, -0.15) is 9.20 Å². The predicted octanol–water partition coefficient (Wildman–Crippen LogP) is 2.78. The minimum absolute atomic E-state index is 0.0907. The second kappa shape index (κ2) is 10.0. The summed E-state index contributed by atoms with van der Waals surface area (Å²) in [7, 11) is 0. The number of aryl methyl sites for hydroxylation is 1. The van der Waals surface area contributed by atoms with Gasteiger partial charge in [-0.15, -0.1) is 0 Å². The second-order valence-corrected chi connectivity index (χ2v) is 6.92. The molecule has 30 heavy (non-hydrogen) atoms. The number of para-hydroxylation sites is 1. The molecule has 5 N–H and O–H groups in total. The lowest BCUT2D eigenvalue weighted by Gasteiger charge is -2.18. The van der Waals surface area contributed by atoms with Gasteiger partial charge in [-0.05, 0) is 42.8 Å². The van der Waals surface area contributed by atoms with E-state index in [-0.39, 0.29) is 19.0 Å². The monoisotopic (exact) mass is 430 g/mol. The Labute approximate surface area is 176 Å². The summed E-state index contributed by atoms with van der Waals surface area (Å²) in [5.41, 5.74) is 12.5. The fourth-order valence-electron chi connectivity index (χ4n) is 2.77. The van der Waals surface area contributed by atoms with Crippen LogP contribution in [0.2, 0.25) is 0 Å². The van der Waals surface area contributed by atoms with E-state index in [0.717, 1.165) is 10.9 Å². The quantitative estimate of drug-likeness (QED) is 0.204. The lowest BCUT2D eigenvalue weighted by Crippen LogP contribution is -2.24. The summed E-state index contributed by atoms with van der Waals surface area (Å²) in [5.74, 6) is 1.30. The molecule has 0 aliphatic rings. The van der Waals surface area contributed by atoms with Crippen LogP contribution in [0.4, 0.5) is 5.82 Å². The van der Waals surface area contributed by atoms with Crippen molar-refractivity contribution >= 4 is 34.0 Å². The van der Waals surface area contributed by atoms with Gasteiger partial charge in [-0.25, -0.2) is 9.17 Å². The van der Waals surface area contributed by atoms with E-state index in [1.54, 1.807) is 36.4 Å². The Morgan fingerprint density at radius 2 is 1.93 bits per heavy atom. The summed E-state index contributed by atoms with van der Waals surface area (Å²) in [5, 5.41) is 0.895. The minimum atomic E-state index is -2.48. The van der Waals surface area contributed by atoms with Crippen LogP contribution in [-0.4, -0.2) is 32.6 Å². The molecule has 0 bridgehead atoms. The maximum Gasteiger partial charge on any atom is 0.305 e. The van der Waals surface area contributed by atoms with Crippen molar-refractivity contribution in [3.05, 3.63) is 60.2 Å². The Morgan fingerprint density at radius 3 is 2.63 bits per heavy atom. The molecule has 9 nitrogen and oxygen atoms in total. The minimum Gasteiger partial charge on any atom is -0.491 e. The third-order valence-corrected chi connectivity index (χ3v) is 4.46. The number of pyridine rings is 1. The Balaban J connectivity index is 1.75. The number of aromatic nitrogens is 1. The maximum atomic E-state index is 11.1. The molecule has 1 aromatic heterocycles. The van der Waals surface area contributed by atoms with E-state index < -0.39 is 17.7 Å². The number of ether oxygens (including phenoxy) is 2. The molecular formula is C20H22N4O5S. The summed E-state index contributed by atoms with van der Waals surface area (Å²) in [6.07, 6.45) is -0.774. The molecule has 2 aromatic carbocycles. The van der Waals surface area contributed by atoms with E-state index in [1.807, 2.05) is 25.1 Å². The number of rotatable bonds is 9. The molecule has 2 atom stereocenters. The second-order valence-electron chi connectivity index (χ2n) is 6.29. The van der Waals surface area contributed by atoms with Crippen molar-refractivity contribution in [1.82, 2.24) is 4.98 Å². The number of aliphatic imine (C=N–C) groups is 1. The summed E-state index contributed by atoms with van der Waals surface area (Å²) >= 11 is -2.48. The molecule has 2 unspecified atom stereocenters. The van der Waals surface area contributed by atoms with Crippen molar-refractivity contribution in [3.8, 4) is 11.5 Å². The van der Waals surface area contributed by atoms with Crippen LogP contribution in [0.15, 0.2) is 59.6 Å². The number of nitrogens with zero attached hydrogens (tertiary/aromatic N) is 2. The first kappa shape index (κ1) is 21.5. The Hall–Kier alpha value is -3.21. The van der Waals surface area contributed by atoms with Crippen LogP contribution < -0.4 is 20.9 Å². The fourth-order valence-corrected chi connectivity index (χ4v) is 3.09. The lowest BCUT2D eigenvalue weighted by molar-refractivity contribution is -0.00513. The van der Waals surface area contributed by atoms with E-state index in [0.29, 0.717) is 22.8 Å². The average Bonchev–Trinajstić information content (AvgIpc) is 2.69. The van der Waals surface area contributed by atoms with Gasteiger partial charge in [0.1, 0.15) is 17.0 Å². The molecule has 0 aliphatic carbocycles. The Bertz CT molecular complexity index is 1060. The molecule has 0 spiro atoms. The highest BCUT2D eigenvalue weighted by atomic mass is 32.2. The molecule has 3 aromatic rings. The number of fused-ring (bicyclic) bond motifs is 1. The van der Waals surface area contributed by atoms with Gasteiger partial charge in [0.15, 0.2) is 11.8 Å². The third kappa shape index (κ3) is 5.89. The van der Waals surface area contributed by atoms with Gasteiger partial charge in [0.05, 0.1) is 6.61 Å². The normalized spacial score (nSPS) is 12.9. The molecule has 1 heterocycles. The molecule has 0 saturated heterocycles. The topological polar surface area (TPSA) is 142 Å². The van der Waals surface area contributed by atoms with Gasteiger partial charge in [0.25, 0.3) is 0 Å². The SMILES string of the molecule is Cc1ccc(OCCC(Oc2ccccc2)OS(=O)O)c2nc(N=C(N)N)ccc12. The van der Waals surface area contributed by atoms with Gasteiger partial charge >= 0.3 is 11.4 Å². The number of guanidine groups is 1. The number of nitrogens with two attached hydrogens (primary N) is 2. The summed E-state index contributed by atoms with van der Waals surface area (Å²) in [6, 6.07) is 16.1. The molecule has 0 aliphatic heterocycles. The Kier molecular flexibility index (Phi) is 7.17. The zero-order valence-electron chi connectivity index (χ0n) is 16.2. The summed E-state index contributed by atoms with van der Waals surface area (Å²) in [4.78, 5) is 8.44. The zero-order chi connectivity index (χ0) is 21.5. The van der Waals surface area contributed by atoms with Crippen LogP contribution >= 0.6 is 0 Å². The van der Waals surface area contributed by atoms with E-state index >= 15 is 0 Å². The molecule has 0 saturated carbocycles. The first-order valence-corrected chi connectivity index (χ1v) is 10.1. The molecule has 10 heteroatoms. The van der Waals surface area contributed by atoms with Gasteiger partial charge in [-0.3, -0.25) is 4.55 Å². The predicted molar refractivity (Wildman–Crippen MR) is 115 cm³/mol. The van der Waals surface area contributed by atoms with Crippen molar-refractivity contribution in [1.29, 1.82) is 0 Å². The van der Waals surface area contributed by atoms with Gasteiger partial charge < -0.3 is 20.9 Å². The van der Waals surface area contributed by atoms with Gasteiger partial charge in [0.2, 0.25) is 6.29 Å². The van der Waals surface area contributed by atoms with Crippen LogP contribution in [0.1, 0.15) is 12.0 Å². The standard InChI is InChI=1S/C20H22N4O5S/c1-13-7-9-16(19-15(13)8-10-17(23-19)24-20(21)22)27-12-11-18(29-30(25)26)28-14-5-3-2-4-6-14/h2-10,18H,11-12H2,1H3,(H,25,26)(H4,21,22,23,24). The molecule has 0 amide bonds. The van der Waals surface area contributed by atoms with Crippen LogP contribution in [0.5, 0.6) is 11.5 Å². The summed E-state index contributed by atoms with van der Waals surface area (Å²) in [6.45, 7) is 2.11. The van der Waals surface area contributed by atoms with Gasteiger partial charge in [0, 0.05) is 11.8 Å². The molecule has 0 fully saturated rings. The van der Waals surface area contributed by atoms with Crippen molar-refractivity contribution in [2.45, 2.75) is 19.6 Å². The highest BCUT2D eigenvalue weighted by molar-refractivity contribution is 7.74. The highest BCUT2D eigenvalue weighted by Gasteiger charge is 2.16. The first-order chi connectivity index (χ1) is 14.4. The average molecular weight is 430 g/mol. The van der Waals surface area contributed by atoms with Crippen LogP contribution in [-0.2, 0) is 15.5 Å². The number of hydrogen-bond acceptors (Lipinski definition) is 6. The highest BCUT2D eigenvalue weighted by Crippen LogP contribution is 2.29. The van der Waals surface area contributed by atoms with Crippen molar-refractivity contribution in [2.24, 2.45) is 16.5 Å². The zero-order valence-corrected chi connectivity index (χ0v) is 17.0. The van der Waals surface area contributed by atoms with Crippen molar-refractivity contribution < 1.29 is 22.4 Å². The maximum absolute atomic E-state index is 11.1. The van der Waals surface area contributed by atoms with E-state index in [2.05, 4.69) is 9.98 Å². The van der Waals surface area contributed by atoms with Gasteiger partial charge in [-0.1, -0.05) is 24.3 Å². The smallest absolute Gasteiger partial charge is 0.305 e.